The molecule has 102 valence electrons. The predicted octanol–water partition coefficient (Wildman–Crippen LogP) is 3.74. The average Bonchev–Trinajstić information content (AvgIpc) is 2.44. The zero-order valence-corrected chi connectivity index (χ0v) is 12.1. The fraction of sp³-hybridized carbons (Fsp3) is 0.176. The highest BCUT2D eigenvalue weighted by atomic mass is 32.2. The van der Waals surface area contributed by atoms with Crippen molar-refractivity contribution in [2.24, 2.45) is 5.73 Å². The molecule has 3 heteroatoms. The standard InChI is InChI=1S/C17H16FNS/c1-13-4-2-6-16(10-13)20-12-15-8-7-14(5-3-9-19)11-17(15)18/h2,4,6-8,10-11H,9,12,19H2,1H3. The van der Waals surface area contributed by atoms with Crippen molar-refractivity contribution in [3.8, 4) is 11.8 Å². The molecule has 0 fully saturated rings. The number of benzene rings is 2. The van der Waals surface area contributed by atoms with Crippen molar-refractivity contribution in [2.45, 2.75) is 17.6 Å². The Labute approximate surface area is 123 Å². The molecule has 2 N–H and O–H groups in total. The van der Waals surface area contributed by atoms with E-state index in [9.17, 15) is 4.39 Å². The maximum absolute atomic E-state index is 13.9. The van der Waals surface area contributed by atoms with Crippen LogP contribution in [0, 0.1) is 24.6 Å². The van der Waals surface area contributed by atoms with Gasteiger partial charge in [-0.05, 0) is 36.8 Å². The summed E-state index contributed by atoms with van der Waals surface area (Å²) in [5.74, 6) is 5.95. The molecule has 0 saturated carbocycles. The summed E-state index contributed by atoms with van der Waals surface area (Å²) >= 11 is 1.63. The lowest BCUT2D eigenvalue weighted by molar-refractivity contribution is 0.617. The highest BCUT2D eigenvalue weighted by Crippen LogP contribution is 2.25. The maximum Gasteiger partial charge on any atom is 0.128 e. The van der Waals surface area contributed by atoms with E-state index in [1.807, 2.05) is 18.2 Å². The summed E-state index contributed by atoms with van der Waals surface area (Å²) < 4.78 is 13.9. The van der Waals surface area contributed by atoms with Crippen LogP contribution in [0.4, 0.5) is 4.39 Å². The monoisotopic (exact) mass is 285 g/mol. The number of hydrogen-bond acceptors (Lipinski definition) is 2. The molecule has 1 nitrogen and oxygen atoms in total. The first-order valence-electron chi connectivity index (χ1n) is 6.36. The first kappa shape index (κ1) is 14.6. The molecule has 0 unspecified atom stereocenters. The van der Waals surface area contributed by atoms with Crippen molar-refractivity contribution in [3.05, 3.63) is 65.0 Å². The van der Waals surface area contributed by atoms with Crippen LogP contribution in [0.5, 0.6) is 0 Å². The van der Waals surface area contributed by atoms with Crippen LogP contribution in [0.15, 0.2) is 47.4 Å². The summed E-state index contributed by atoms with van der Waals surface area (Å²) in [4.78, 5) is 1.15. The summed E-state index contributed by atoms with van der Waals surface area (Å²) in [5.41, 5.74) is 7.86. The molecule has 0 aliphatic heterocycles. The summed E-state index contributed by atoms with van der Waals surface area (Å²) in [6, 6.07) is 13.3. The molecule has 0 spiro atoms. The number of nitrogens with two attached hydrogens (primary N) is 1. The van der Waals surface area contributed by atoms with Gasteiger partial charge in [0.2, 0.25) is 0 Å². The van der Waals surface area contributed by atoms with E-state index in [1.54, 1.807) is 17.8 Å². The van der Waals surface area contributed by atoms with Crippen molar-refractivity contribution in [1.29, 1.82) is 0 Å². The fourth-order valence-corrected chi connectivity index (χ4v) is 2.76. The third-order valence-electron chi connectivity index (χ3n) is 2.77. The van der Waals surface area contributed by atoms with Gasteiger partial charge in [-0.25, -0.2) is 4.39 Å². The fourth-order valence-electron chi connectivity index (χ4n) is 1.76. The van der Waals surface area contributed by atoms with Gasteiger partial charge in [0.25, 0.3) is 0 Å². The SMILES string of the molecule is Cc1cccc(SCc2ccc(C#CCN)cc2F)c1. The van der Waals surface area contributed by atoms with Crippen LogP contribution < -0.4 is 5.73 Å². The smallest absolute Gasteiger partial charge is 0.128 e. The molecule has 0 aliphatic carbocycles. The minimum atomic E-state index is -0.214. The molecule has 0 aromatic heterocycles. The lowest BCUT2D eigenvalue weighted by atomic mass is 10.1. The molecule has 2 rings (SSSR count). The molecule has 0 saturated heterocycles. The van der Waals surface area contributed by atoms with E-state index in [2.05, 4.69) is 30.9 Å². The minimum absolute atomic E-state index is 0.214. The van der Waals surface area contributed by atoms with Crippen LogP contribution in [0.25, 0.3) is 0 Å². The molecule has 0 amide bonds. The second kappa shape index (κ2) is 7.14. The molecule has 0 heterocycles. The van der Waals surface area contributed by atoms with Gasteiger partial charge in [-0.3, -0.25) is 0 Å². The molecule has 0 radical (unpaired) electrons. The van der Waals surface area contributed by atoms with E-state index in [0.29, 0.717) is 16.9 Å². The van der Waals surface area contributed by atoms with Gasteiger partial charge in [0.05, 0.1) is 6.54 Å². The van der Waals surface area contributed by atoms with Gasteiger partial charge in [-0.2, -0.15) is 0 Å². The van der Waals surface area contributed by atoms with Gasteiger partial charge in [0, 0.05) is 16.2 Å². The Hall–Kier alpha value is -1.76. The van der Waals surface area contributed by atoms with E-state index in [4.69, 9.17) is 5.73 Å². The molecular formula is C17H16FNS. The van der Waals surface area contributed by atoms with Gasteiger partial charge in [-0.1, -0.05) is 35.6 Å². The Morgan fingerprint density at radius 2 is 2.05 bits per heavy atom. The molecular weight excluding hydrogens is 269 g/mol. The zero-order chi connectivity index (χ0) is 14.4. The summed E-state index contributed by atoms with van der Waals surface area (Å²) in [6.45, 7) is 2.34. The predicted molar refractivity (Wildman–Crippen MR) is 83.1 cm³/mol. The molecule has 0 aliphatic rings. The lowest BCUT2D eigenvalue weighted by Gasteiger charge is -2.05. The lowest BCUT2D eigenvalue weighted by Crippen LogP contribution is -1.94. The van der Waals surface area contributed by atoms with Crippen molar-refractivity contribution in [2.75, 3.05) is 6.54 Å². The highest BCUT2D eigenvalue weighted by molar-refractivity contribution is 7.98. The Balaban J connectivity index is 2.06. The van der Waals surface area contributed by atoms with Crippen LogP contribution in [-0.2, 0) is 5.75 Å². The van der Waals surface area contributed by atoms with Crippen LogP contribution in [-0.4, -0.2) is 6.54 Å². The molecule has 20 heavy (non-hydrogen) atoms. The largest absolute Gasteiger partial charge is 0.320 e. The van der Waals surface area contributed by atoms with E-state index >= 15 is 0 Å². The number of thioether (sulfide) groups is 1. The quantitative estimate of drug-likeness (QED) is 0.687. The van der Waals surface area contributed by atoms with Gasteiger partial charge in [0.1, 0.15) is 5.82 Å². The van der Waals surface area contributed by atoms with E-state index in [0.717, 1.165) is 4.90 Å². The van der Waals surface area contributed by atoms with E-state index in [1.165, 1.54) is 11.6 Å². The van der Waals surface area contributed by atoms with Crippen LogP contribution in [0.3, 0.4) is 0 Å². The Kier molecular flexibility index (Phi) is 5.23. The molecule has 2 aromatic rings. The topological polar surface area (TPSA) is 26.0 Å². The maximum atomic E-state index is 13.9. The summed E-state index contributed by atoms with van der Waals surface area (Å²) in [6.07, 6.45) is 0. The van der Waals surface area contributed by atoms with Gasteiger partial charge in [0.15, 0.2) is 0 Å². The second-order valence-electron chi connectivity index (χ2n) is 4.42. The average molecular weight is 285 g/mol. The molecule has 0 bridgehead atoms. The normalized spacial score (nSPS) is 9.95. The van der Waals surface area contributed by atoms with Gasteiger partial charge < -0.3 is 5.73 Å². The highest BCUT2D eigenvalue weighted by Gasteiger charge is 2.04. The first-order chi connectivity index (χ1) is 9.69. The van der Waals surface area contributed by atoms with Crippen molar-refractivity contribution in [1.82, 2.24) is 0 Å². The first-order valence-corrected chi connectivity index (χ1v) is 7.34. The van der Waals surface area contributed by atoms with Crippen LogP contribution in [0.1, 0.15) is 16.7 Å². The summed E-state index contributed by atoms with van der Waals surface area (Å²) in [5, 5.41) is 0. The Morgan fingerprint density at radius 1 is 1.20 bits per heavy atom. The number of rotatable bonds is 3. The van der Waals surface area contributed by atoms with Crippen LogP contribution >= 0.6 is 11.8 Å². The van der Waals surface area contributed by atoms with Crippen molar-refractivity contribution < 1.29 is 4.39 Å². The van der Waals surface area contributed by atoms with Crippen molar-refractivity contribution in [3.63, 3.8) is 0 Å². The molecule has 0 atom stereocenters. The summed E-state index contributed by atoms with van der Waals surface area (Å²) in [7, 11) is 0. The number of halogens is 1. The zero-order valence-electron chi connectivity index (χ0n) is 11.3. The third kappa shape index (κ3) is 4.12. The van der Waals surface area contributed by atoms with Gasteiger partial charge in [-0.15, -0.1) is 11.8 Å². The van der Waals surface area contributed by atoms with E-state index in [-0.39, 0.29) is 12.4 Å². The Morgan fingerprint density at radius 3 is 2.75 bits per heavy atom. The number of hydrogen-bond donors (Lipinski definition) is 1. The van der Waals surface area contributed by atoms with Gasteiger partial charge >= 0.3 is 0 Å². The molecule has 2 aromatic carbocycles. The van der Waals surface area contributed by atoms with E-state index < -0.39 is 0 Å². The third-order valence-corrected chi connectivity index (χ3v) is 3.81. The minimum Gasteiger partial charge on any atom is -0.320 e. The number of aryl methyl sites for hydroxylation is 1. The second-order valence-corrected chi connectivity index (χ2v) is 5.47. The van der Waals surface area contributed by atoms with Crippen molar-refractivity contribution >= 4 is 11.8 Å². The van der Waals surface area contributed by atoms with Crippen LogP contribution in [0.2, 0.25) is 0 Å². The Bertz CT molecular complexity index is 656.